The lowest BCUT2D eigenvalue weighted by atomic mass is 9.82. The lowest BCUT2D eigenvalue weighted by molar-refractivity contribution is -0.148. The molecule has 1 aliphatic rings. The molecule has 19 heavy (non-hydrogen) atoms. The molecule has 2 aromatic heterocycles. The number of anilines is 1. The van der Waals surface area contributed by atoms with Crippen LogP contribution in [-0.2, 0) is 4.79 Å². The Balaban J connectivity index is 1.98. The van der Waals surface area contributed by atoms with E-state index in [9.17, 15) is 9.90 Å². The van der Waals surface area contributed by atoms with E-state index in [-0.39, 0.29) is 0 Å². The number of piperidine rings is 1. The number of carboxylic acids is 1. The van der Waals surface area contributed by atoms with Crippen LogP contribution < -0.4 is 4.90 Å². The fraction of sp³-hybridized carbons (Fsp3) is 0.462. The topological polar surface area (TPSA) is 70.7 Å². The van der Waals surface area contributed by atoms with Crippen molar-refractivity contribution in [3.05, 3.63) is 24.7 Å². The van der Waals surface area contributed by atoms with Gasteiger partial charge in [0.15, 0.2) is 5.82 Å². The van der Waals surface area contributed by atoms with Crippen LogP contribution in [0.5, 0.6) is 0 Å². The summed E-state index contributed by atoms with van der Waals surface area (Å²) in [6.07, 6.45) is 6.78. The van der Waals surface area contributed by atoms with E-state index in [1.54, 1.807) is 30.0 Å². The molecule has 0 bridgehead atoms. The summed E-state index contributed by atoms with van der Waals surface area (Å²) in [5.41, 5.74) is 0.212. The monoisotopic (exact) mass is 260 g/mol. The molecule has 6 heteroatoms. The molecule has 1 fully saturated rings. The maximum absolute atomic E-state index is 11.4. The third-order valence-corrected chi connectivity index (χ3v) is 3.82. The molecule has 3 heterocycles. The van der Waals surface area contributed by atoms with E-state index in [0.717, 1.165) is 24.3 Å². The smallest absolute Gasteiger partial charge is 0.311 e. The van der Waals surface area contributed by atoms with E-state index >= 15 is 0 Å². The Morgan fingerprint density at radius 3 is 3.11 bits per heavy atom. The lowest BCUT2D eigenvalue weighted by Crippen LogP contribution is -2.46. The summed E-state index contributed by atoms with van der Waals surface area (Å²) in [6, 6.07) is 1.90. The van der Waals surface area contributed by atoms with Crippen LogP contribution in [0.4, 0.5) is 5.82 Å². The third kappa shape index (κ3) is 1.93. The zero-order chi connectivity index (χ0) is 13.5. The number of carboxylic acid groups (broad SMARTS) is 1. The normalized spacial score (nSPS) is 23.7. The molecule has 6 nitrogen and oxygen atoms in total. The predicted octanol–water partition coefficient (Wildman–Crippen LogP) is 1.42. The molecule has 0 aliphatic carbocycles. The van der Waals surface area contributed by atoms with Crippen molar-refractivity contribution < 1.29 is 9.90 Å². The first-order chi connectivity index (χ1) is 9.10. The molecule has 1 N–H and O–H groups in total. The Morgan fingerprint density at radius 2 is 2.32 bits per heavy atom. The van der Waals surface area contributed by atoms with Gasteiger partial charge in [-0.15, -0.1) is 0 Å². The second-order valence-electron chi connectivity index (χ2n) is 5.30. The molecule has 1 aliphatic heterocycles. The van der Waals surface area contributed by atoms with E-state index in [2.05, 4.69) is 15.0 Å². The molecular weight excluding hydrogens is 244 g/mol. The molecule has 0 aromatic carbocycles. The van der Waals surface area contributed by atoms with Gasteiger partial charge in [-0.1, -0.05) is 0 Å². The summed E-state index contributed by atoms with van der Waals surface area (Å²) in [6.45, 7) is 3.12. The minimum atomic E-state index is -0.738. The van der Waals surface area contributed by atoms with E-state index in [1.807, 2.05) is 6.07 Å². The van der Waals surface area contributed by atoms with E-state index in [1.165, 1.54) is 0 Å². The highest BCUT2D eigenvalue weighted by molar-refractivity contribution is 5.76. The number of nitrogens with zero attached hydrogens (tertiary/aromatic N) is 4. The summed E-state index contributed by atoms with van der Waals surface area (Å²) in [5.74, 6) is 0.0739. The average Bonchev–Trinajstić information content (AvgIpc) is 2.86. The van der Waals surface area contributed by atoms with Gasteiger partial charge in [0.25, 0.3) is 0 Å². The van der Waals surface area contributed by atoms with Crippen molar-refractivity contribution in [3.8, 4) is 0 Å². The molecule has 3 rings (SSSR count). The van der Waals surface area contributed by atoms with Crippen LogP contribution in [0.15, 0.2) is 24.7 Å². The number of aromatic nitrogens is 3. The third-order valence-electron chi connectivity index (χ3n) is 3.82. The van der Waals surface area contributed by atoms with Crippen LogP contribution in [0.2, 0.25) is 0 Å². The first-order valence-corrected chi connectivity index (χ1v) is 6.37. The van der Waals surface area contributed by atoms with Crippen molar-refractivity contribution in [1.29, 1.82) is 0 Å². The molecule has 2 aromatic rings. The second-order valence-corrected chi connectivity index (χ2v) is 5.30. The van der Waals surface area contributed by atoms with Crippen LogP contribution in [0.3, 0.4) is 0 Å². The molecule has 0 spiro atoms. The zero-order valence-corrected chi connectivity index (χ0v) is 10.8. The van der Waals surface area contributed by atoms with Crippen molar-refractivity contribution in [2.45, 2.75) is 19.8 Å². The van der Waals surface area contributed by atoms with E-state index in [4.69, 9.17) is 0 Å². The number of fused-ring (bicyclic) bond motifs is 1. The van der Waals surface area contributed by atoms with E-state index < -0.39 is 11.4 Å². The summed E-state index contributed by atoms with van der Waals surface area (Å²) >= 11 is 0. The van der Waals surface area contributed by atoms with Crippen LogP contribution in [0.25, 0.3) is 5.52 Å². The molecule has 100 valence electrons. The number of hydrogen-bond acceptors (Lipinski definition) is 4. The number of aliphatic carboxylic acids is 1. The van der Waals surface area contributed by atoms with Crippen LogP contribution in [-0.4, -0.2) is 38.8 Å². The maximum Gasteiger partial charge on any atom is 0.311 e. The maximum atomic E-state index is 11.4. The van der Waals surface area contributed by atoms with Gasteiger partial charge in [-0.2, -0.15) is 5.10 Å². The minimum Gasteiger partial charge on any atom is -0.481 e. The first kappa shape index (κ1) is 12.0. The molecule has 1 unspecified atom stereocenters. The Hall–Kier alpha value is -2.11. The second kappa shape index (κ2) is 4.22. The van der Waals surface area contributed by atoms with Gasteiger partial charge in [0.2, 0.25) is 0 Å². The van der Waals surface area contributed by atoms with Gasteiger partial charge < -0.3 is 10.0 Å². The number of carbonyl (C=O) groups is 1. The van der Waals surface area contributed by atoms with Gasteiger partial charge in [0, 0.05) is 25.5 Å². The van der Waals surface area contributed by atoms with Gasteiger partial charge in [-0.3, -0.25) is 4.79 Å². The van der Waals surface area contributed by atoms with Crippen LogP contribution >= 0.6 is 0 Å². The lowest BCUT2D eigenvalue weighted by Gasteiger charge is -2.38. The number of rotatable bonds is 2. The van der Waals surface area contributed by atoms with E-state index in [0.29, 0.717) is 13.0 Å². The van der Waals surface area contributed by atoms with Gasteiger partial charge in [-0.25, -0.2) is 9.50 Å². The molecule has 1 saturated heterocycles. The molecule has 0 saturated carbocycles. The Bertz CT molecular complexity index is 624. The highest BCUT2D eigenvalue weighted by Crippen LogP contribution is 2.33. The molecule has 1 atom stereocenters. The van der Waals surface area contributed by atoms with Crippen molar-refractivity contribution >= 4 is 17.3 Å². The van der Waals surface area contributed by atoms with Gasteiger partial charge in [-0.05, 0) is 25.8 Å². The Morgan fingerprint density at radius 1 is 1.47 bits per heavy atom. The van der Waals surface area contributed by atoms with Crippen molar-refractivity contribution in [2.24, 2.45) is 5.41 Å². The predicted molar refractivity (Wildman–Crippen MR) is 70.2 cm³/mol. The molecular formula is C13H16N4O2. The Labute approximate surface area is 110 Å². The average molecular weight is 260 g/mol. The fourth-order valence-electron chi connectivity index (χ4n) is 2.68. The SMILES string of the molecule is CC1(C(=O)O)CCCN(c2nccn3nccc23)C1. The fourth-order valence-corrected chi connectivity index (χ4v) is 2.68. The van der Waals surface area contributed by atoms with Crippen LogP contribution in [0.1, 0.15) is 19.8 Å². The summed E-state index contributed by atoms with van der Waals surface area (Å²) < 4.78 is 1.76. The van der Waals surface area contributed by atoms with Crippen molar-refractivity contribution in [1.82, 2.24) is 14.6 Å². The van der Waals surface area contributed by atoms with Crippen molar-refractivity contribution in [3.63, 3.8) is 0 Å². The van der Waals surface area contributed by atoms with Gasteiger partial charge in [0.05, 0.1) is 11.6 Å². The Kier molecular flexibility index (Phi) is 2.66. The summed E-state index contributed by atoms with van der Waals surface area (Å²) in [7, 11) is 0. The molecule has 0 amide bonds. The number of hydrogen-bond donors (Lipinski definition) is 1. The van der Waals surface area contributed by atoms with Crippen LogP contribution in [0, 0.1) is 5.41 Å². The first-order valence-electron chi connectivity index (χ1n) is 6.37. The highest BCUT2D eigenvalue weighted by Gasteiger charge is 2.38. The standard InChI is InChI=1S/C13H16N4O2/c1-13(12(18)19)4-2-7-16(9-13)11-10-3-5-15-17(10)8-6-14-11/h3,5-6,8H,2,4,7,9H2,1H3,(H,18,19). The van der Waals surface area contributed by atoms with Gasteiger partial charge in [0.1, 0.15) is 5.52 Å². The van der Waals surface area contributed by atoms with Gasteiger partial charge >= 0.3 is 5.97 Å². The summed E-state index contributed by atoms with van der Waals surface area (Å²) in [4.78, 5) is 17.9. The molecule has 0 radical (unpaired) electrons. The highest BCUT2D eigenvalue weighted by atomic mass is 16.4. The largest absolute Gasteiger partial charge is 0.481 e. The van der Waals surface area contributed by atoms with Crippen molar-refractivity contribution in [2.75, 3.05) is 18.0 Å². The summed E-state index contributed by atoms with van der Waals surface area (Å²) in [5, 5.41) is 13.6. The quantitative estimate of drug-likeness (QED) is 0.884. The zero-order valence-electron chi connectivity index (χ0n) is 10.8. The minimum absolute atomic E-state index is 0.486.